The fraction of sp³-hybridized carbons (Fsp3) is 0.977. The van der Waals surface area contributed by atoms with Crippen molar-refractivity contribution in [1.29, 1.82) is 0 Å². The zero-order valence-corrected chi connectivity index (χ0v) is 33.1. The molecule has 1 unspecified atom stereocenters. The second-order valence-corrected chi connectivity index (χ2v) is 15.8. The van der Waals surface area contributed by atoms with Gasteiger partial charge in [0, 0.05) is 18.8 Å². The van der Waals surface area contributed by atoms with Gasteiger partial charge in [-0.3, -0.25) is 4.79 Å². The van der Waals surface area contributed by atoms with E-state index in [2.05, 4.69) is 19.2 Å². The topological polar surface area (TPSA) is 47.6 Å². The predicted molar refractivity (Wildman–Crippen MR) is 208 cm³/mol. The lowest BCUT2D eigenvalue weighted by molar-refractivity contribution is -0.138. The van der Waals surface area contributed by atoms with E-state index in [0.717, 1.165) is 19.4 Å². The van der Waals surface area contributed by atoms with E-state index in [1.54, 1.807) is 0 Å². The Balaban J connectivity index is 3.74. The summed E-state index contributed by atoms with van der Waals surface area (Å²) in [5, 5.41) is 3.09. The van der Waals surface area contributed by atoms with E-state index in [0.29, 0.717) is 13.2 Å². The summed E-state index contributed by atoms with van der Waals surface area (Å²) in [5.74, 6) is -0.0408. The Morgan fingerprint density at radius 1 is 0.447 bits per heavy atom. The van der Waals surface area contributed by atoms with Gasteiger partial charge in [0.05, 0.1) is 6.61 Å². The average molecular weight is 666 g/mol. The Bertz CT molecular complexity index is 617. The highest BCUT2D eigenvalue weighted by Crippen LogP contribution is 2.16. The Kier molecular flexibility index (Phi) is 36.2. The van der Waals surface area contributed by atoms with Crippen molar-refractivity contribution >= 4 is 5.91 Å². The molecule has 4 heteroatoms. The van der Waals surface area contributed by atoms with Crippen molar-refractivity contribution in [3.05, 3.63) is 0 Å². The lowest BCUT2D eigenvalue weighted by Crippen LogP contribution is -2.48. The van der Waals surface area contributed by atoms with Crippen molar-refractivity contribution in [3.63, 3.8) is 0 Å². The molecular formula is C43H87NO3. The molecule has 0 radical (unpaired) electrons. The van der Waals surface area contributed by atoms with Crippen LogP contribution in [0.5, 0.6) is 0 Å². The molecule has 0 rings (SSSR count). The first-order valence-electron chi connectivity index (χ1n) is 21.4. The standard InChI is InChI=1S/C43H87NO3/c1-6-8-10-12-14-16-18-20-22-24-26-28-30-32-34-36-38-46-40-41(42(45)44-43(3,4)5)47-39-37-35-33-31-29-27-25-23-21-19-17-15-13-11-9-7-2/h41H,6-40H2,1-5H3,(H,44,45). The molecule has 1 N–H and O–H groups in total. The Hall–Kier alpha value is -0.610. The summed E-state index contributed by atoms with van der Waals surface area (Å²) >= 11 is 0. The van der Waals surface area contributed by atoms with E-state index in [1.807, 2.05) is 20.8 Å². The third-order valence-electron chi connectivity index (χ3n) is 9.52. The minimum Gasteiger partial charge on any atom is -0.378 e. The molecule has 0 saturated carbocycles. The summed E-state index contributed by atoms with van der Waals surface area (Å²) in [5.41, 5.74) is -0.263. The van der Waals surface area contributed by atoms with Crippen molar-refractivity contribution in [2.75, 3.05) is 19.8 Å². The lowest BCUT2D eigenvalue weighted by atomic mass is 10.0. The second-order valence-electron chi connectivity index (χ2n) is 15.8. The summed E-state index contributed by atoms with van der Waals surface area (Å²) in [6.07, 6.45) is 43.2. The first-order valence-corrected chi connectivity index (χ1v) is 21.4. The number of carbonyl (C=O) groups is 1. The van der Waals surface area contributed by atoms with Gasteiger partial charge in [-0.05, 0) is 33.6 Å². The summed E-state index contributed by atoms with van der Waals surface area (Å²) < 4.78 is 12.0. The molecule has 0 aromatic carbocycles. The van der Waals surface area contributed by atoms with Gasteiger partial charge in [0.15, 0.2) is 6.10 Å². The van der Waals surface area contributed by atoms with Crippen LogP contribution in [0.3, 0.4) is 0 Å². The zero-order valence-electron chi connectivity index (χ0n) is 33.1. The van der Waals surface area contributed by atoms with Crippen LogP contribution >= 0.6 is 0 Å². The molecule has 0 heterocycles. The van der Waals surface area contributed by atoms with Gasteiger partial charge in [-0.2, -0.15) is 0 Å². The van der Waals surface area contributed by atoms with Crippen molar-refractivity contribution in [3.8, 4) is 0 Å². The molecule has 4 nitrogen and oxygen atoms in total. The normalized spacial score (nSPS) is 12.5. The number of carbonyl (C=O) groups excluding carboxylic acids is 1. The first kappa shape index (κ1) is 46.4. The van der Waals surface area contributed by atoms with Crippen molar-refractivity contribution in [1.82, 2.24) is 5.32 Å². The third kappa shape index (κ3) is 38.1. The molecule has 0 bridgehead atoms. The van der Waals surface area contributed by atoms with E-state index in [1.165, 1.54) is 193 Å². The maximum atomic E-state index is 12.9. The Morgan fingerprint density at radius 3 is 1.02 bits per heavy atom. The largest absolute Gasteiger partial charge is 0.378 e. The molecule has 282 valence electrons. The van der Waals surface area contributed by atoms with E-state index >= 15 is 0 Å². The molecular weight excluding hydrogens is 578 g/mol. The van der Waals surface area contributed by atoms with Crippen molar-refractivity contribution in [2.24, 2.45) is 0 Å². The molecule has 47 heavy (non-hydrogen) atoms. The zero-order chi connectivity index (χ0) is 34.5. The number of hydrogen-bond acceptors (Lipinski definition) is 3. The van der Waals surface area contributed by atoms with Crippen LogP contribution < -0.4 is 5.32 Å². The van der Waals surface area contributed by atoms with E-state index in [-0.39, 0.29) is 11.4 Å². The van der Waals surface area contributed by atoms with Crippen LogP contribution in [0, 0.1) is 0 Å². The van der Waals surface area contributed by atoms with Crippen LogP contribution in [0.4, 0.5) is 0 Å². The number of nitrogens with one attached hydrogen (secondary N) is 1. The van der Waals surface area contributed by atoms with E-state index in [9.17, 15) is 4.79 Å². The van der Waals surface area contributed by atoms with E-state index < -0.39 is 6.10 Å². The van der Waals surface area contributed by atoms with Crippen LogP contribution in [-0.2, 0) is 14.3 Å². The second kappa shape index (κ2) is 36.7. The van der Waals surface area contributed by atoms with Crippen molar-refractivity contribution < 1.29 is 14.3 Å². The third-order valence-corrected chi connectivity index (χ3v) is 9.52. The Morgan fingerprint density at radius 2 is 0.723 bits per heavy atom. The van der Waals surface area contributed by atoms with E-state index in [4.69, 9.17) is 9.47 Å². The lowest BCUT2D eigenvalue weighted by Gasteiger charge is -2.25. The van der Waals surface area contributed by atoms with Crippen LogP contribution in [0.1, 0.15) is 240 Å². The summed E-state index contributed by atoms with van der Waals surface area (Å²) in [6, 6.07) is 0. The molecule has 0 aliphatic heterocycles. The van der Waals surface area contributed by atoms with Gasteiger partial charge < -0.3 is 14.8 Å². The summed E-state index contributed by atoms with van der Waals surface area (Å²) in [7, 11) is 0. The van der Waals surface area contributed by atoms with Crippen LogP contribution in [-0.4, -0.2) is 37.4 Å². The molecule has 0 aliphatic carbocycles. The maximum Gasteiger partial charge on any atom is 0.251 e. The smallest absolute Gasteiger partial charge is 0.251 e. The minimum atomic E-state index is -0.508. The molecule has 0 aliphatic rings. The molecule has 0 spiro atoms. The van der Waals surface area contributed by atoms with Crippen LogP contribution in [0.2, 0.25) is 0 Å². The monoisotopic (exact) mass is 666 g/mol. The number of ether oxygens (including phenoxy) is 2. The fourth-order valence-corrected chi connectivity index (χ4v) is 6.47. The average Bonchev–Trinajstić information content (AvgIpc) is 3.03. The molecule has 0 aromatic heterocycles. The highest BCUT2D eigenvalue weighted by molar-refractivity contribution is 5.81. The van der Waals surface area contributed by atoms with Gasteiger partial charge >= 0.3 is 0 Å². The van der Waals surface area contributed by atoms with Gasteiger partial charge in [-0.1, -0.05) is 206 Å². The first-order chi connectivity index (χ1) is 22.9. The number of hydrogen-bond donors (Lipinski definition) is 1. The predicted octanol–water partition coefficient (Wildman–Crippen LogP) is 13.8. The minimum absolute atomic E-state index is 0.0408. The van der Waals surface area contributed by atoms with Gasteiger partial charge in [0.1, 0.15) is 0 Å². The molecule has 0 aromatic rings. The quantitative estimate of drug-likeness (QED) is 0.0668. The summed E-state index contributed by atoms with van der Waals surface area (Å²) in [4.78, 5) is 12.9. The summed E-state index contributed by atoms with van der Waals surface area (Å²) in [6.45, 7) is 12.4. The fourth-order valence-electron chi connectivity index (χ4n) is 6.47. The van der Waals surface area contributed by atoms with Crippen LogP contribution in [0.15, 0.2) is 0 Å². The highest BCUT2D eigenvalue weighted by Gasteiger charge is 2.23. The molecule has 1 atom stereocenters. The SMILES string of the molecule is CCCCCCCCCCCCCCCCCCOCC(OCCCCCCCCCCCCCCCCCC)C(=O)NC(C)(C)C. The van der Waals surface area contributed by atoms with Crippen molar-refractivity contribution in [2.45, 2.75) is 252 Å². The van der Waals surface area contributed by atoms with Gasteiger partial charge in [-0.15, -0.1) is 0 Å². The molecule has 1 amide bonds. The van der Waals surface area contributed by atoms with Gasteiger partial charge in [-0.25, -0.2) is 0 Å². The molecule has 0 saturated heterocycles. The highest BCUT2D eigenvalue weighted by atomic mass is 16.5. The molecule has 0 fully saturated rings. The van der Waals surface area contributed by atoms with Crippen LogP contribution in [0.25, 0.3) is 0 Å². The Labute approximate surface area is 296 Å². The number of rotatable bonds is 38. The maximum absolute atomic E-state index is 12.9. The number of unbranched alkanes of at least 4 members (excludes halogenated alkanes) is 30. The number of amides is 1. The van der Waals surface area contributed by atoms with Gasteiger partial charge in [0.2, 0.25) is 0 Å². The van der Waals surface area contributed by atoms with Gasteiger partial charge in [0.25, 0.3) is 5.91 Å².